The summed E-state index contributed by atoms with van der Waals surface area (Å²) in [7, 11) is 0. The second-order valence-electron chi connectivity index (χ2n) is 5.88. The number of carbonyl (C=O) groups is 1. The average molecular weight is 334 g/mol. The fourth-order valence-electron chi connectivity index (χ4n) is 2.22. The van der Waals surface area contributed by atoms with Crippen LogP contribution in [0.15, 0.2) is 0 Å². The number of aliphatic hydroxyl groups excluding tert-OH is 2. The van der Waals surface area contributed by atoms with E-state index in [0.717, 1.165) is 12.8 Å². The molecular weight excluding hydrogens is 294 g/mol. The summed E-state index contributed by atoms with van der Waals surface area (Å²) in [6, 6.07) is 0. The lowest BCUT2D eigenvalue weighted by molar-refractivity contribution is -0.137. The van der Waals surface area contributed by atoms with Gasteiger partial charge in [0.1, 0.15) is 0 Å². The fraction of sp³-hybridized carbons (Fsp3) is 0.944. The van der Waals surface area contributed by atoms with Crippen molar-refractivity contribution in [1.29, 1.82) is 0 Å². The molecule has 23 heavy (non-hydrogen) atoms. The van der Waals surface area contributed by atoms with Crippen molar-refractivity contribution in [2.24, 2.45) is 0 Å². The smallest absolute Gasteiger partial charge is 0.303 e. The lowest BCUT2D eigenvalue weighted by Crippen LogP contribution is -2.21. The molecule has 0 heterocycles. The Morgan fingerprint density at radius 1 is 0.739 bits per heavy atom. The van der Waals surface area contributed by atoms with Crippen LogP contribution < -0.4 is 5.32 Å². The maximum Gasteiger partial charge on any atom is 0.303 e. The van der Waals surface area contributed by atoms with E-state index in [-0.39, 0.29) is 13.2 Å². The van der Waals surface area contributed by atoms with Crippen LogP contribution in [-0.4, -0.2) is 47.6 Å². The van der Waals surface area contributed by atoms with Crippen molar-refractivity contribution in [3.8, 4) is 0 Å². The molecule has 0 fully saturated rings. The quantitative estimate of drug-likeness (QED) is 0.325. The Hall–Kier alpha value is -0.650. The zero-order valence-corrected chi connectivity index (χ0v) is 15.1. The second kappa shape index (κ2) is 23.6. The van der Waals surface area contributed by atoms with Gasteiger partial charge in [-0.1, -0.05) is 71.1 Å². The van der Waals surface area contributed by atoms with Gasteiger partial charge < -0.3 is 20.6 Å². The van der Waals surface area contributed by atoms with Crippen molar-refractivity contribution in [2.75, 3.05) is 26.3 Å². The molecule has 0 aromatic rings. The van der Waals surface area contributed by atoms with Gasteiger partial charge in [0, 0.05) is 19.5 Å². The summed E-state index contributed by atoms with van der Waals surface area (Å²) in [6.07, 6.45) is 14.4. The van der Waals surface area contributed by atoms with Gasteiger partial charge in [0.25, 0.3) is 0 Å². The molecule has 0 amide bonds. The van der Waals surface area contributed by atoms with Crippen molar-refractivity contribution in [2.45, 2.75) is 84.0 Å². The topological polar surface area (TPSA) is 89.8 Å². The average Bonchev–Trinajstić information content (AvgIpc) is 2.53. The number of unbranched alkanes of at least 4 members (excludes halogenated alkanes) is 10. The molecule has 0 aliphatic rings. The summed E-state index contributed by atoms with van der Waals surface area (Å²) in [6.45, 7) is 3.66. The third-order valence-corrected chi connectivity index (χ3v) is 3.57. The minimum Gasteiger partial charge on any atom is -0.481 e. The molecule has 0 rings (SSSR count). The van der Waals surface area contributed by atoms with E-state index in [1.807, 2.05) is 0 Å². The predicted octanol–water partition coefficient (Wildman–Crippen LogP) is 3.33. The van der Waals surface area contributed by atoms with Crippen LogP contribution in [0.5, 0.6) is 0 Å². The minimum atomic E-state index is -0.657. The van der Waals surface area contributed by atoms with E-state index < -0.39 is 5.97 Å². The molecule has 4 N–H and O–H groups in total. The van der Waals surface area contributed by atoms with Crippen molar-refractivity contribution >= 4 is 5.97 Å². The number of rotatable bonds is 16. The van der Waals surface area contributed by atoms with E-state index in [4.69, 9.17) is 15.3 Å². The van der Waals surface area contributed by atoms with Gasteiger partial charge >= 0.3 is 5.97 Å². The first-order chi connectivity index (χ1) is 11.2. The Balaban J connectivity index is 0. The molecule has 0 aromatic carbocycles. The van der Waals surface area contributed by atoms with Crippen molar-refractivity contribution in [3.63, 3.8) is 0 Å². The molecule has 0 radical (unpaired) electrons. The van der Waals surface area contributed by atoms with Gasteiger partial charge in [0.2, 0.25) is 0 Å². The normalized spacial score (nSPS) is 10.2. The third kappa shape index (κ3) is 29.9. The number of hydrogen-bond acceptors (Lipinski definition) is 4. The Bertz CT molecular complexity index is 221. The zero-order chi connectivity index (χ0) is 17.6. The summed E-state index contributed by atoms with van der Waals surface area (Å²) in [5.41, 5.74) is 0. The fourth-order valence-corrected chi connectivity index (χ4v) is 2.22. The van der Waals surface area contributed by atoms with Gasteiger partial charge in [-0.3, -0.25) is 4.79 Å². The van der Waals surface area contributed by atoms with E-state index in [2.05, 4.69) is 12.2 Å². The highest BCUT2D eigenvalue weighted by Gasteiger charge is 1.96. The molecule has 0 aliphatic carbocycles. The van der Waals surface area contributed by atoms with Gasteiger partial charge in [-0.05, 0) is 6.42 Å². The summed E-state index contributed by atoms with van der Waals surface area (Å²) < 4.78 is 0. The molecule has 0 atom stereocenters. The number of carboxylic acid groups (broad SMARTS) is 1. The predicted molar refractivity (Wildman–Crippen MR) is 95.8 cm³/mol. The van der Waals surface area contributed by atoms with E-state index in [9.17, 15) is 4.79 Å². The van der Waals surface area contributed by atoms with Crippen LogP contribution in [0.2, 0.25) is 0 Å². The molecule has 0 aromatic heterocycles. The molecule has 0 saturated heterocycles. The number of aliphatic hydroxyl groups is 2. The number of nitrogens with one attached hydrogen (secondary N) is 1. The standard InChI is InChI=1S/C14H28O2.C4H11NO2/c1-2-3-4-5-6-7-8-9-10-11-12-13-14(15)16;6-3-1-5-2-4-7/h2-13H2,1H3,(H,15,16);5-7H,1-4H2. The maximum atomic E-state index is 10.3. The molecular formula is C18H39NO4. The van der Waals surface area contributed by atoms with Crippen LogP contribution in [-0.2, 0) is 4.79 Å². The Morgan fingerprint density at radius 2 is 1.13 bits per heavy atom. The van der Waals surface area contributed by atoms with Crippen molar-refractivity contribution in [3.05, 3.63) is 0 Å². The Morgan fingerprint density at radius 3 is 1.48 bits per heavy atom. The minimum absolute atomic E-state index is 0.139. The Labute approximate surface area is 142 Å². The van der Waals surface area contributed by atoms with Crippen LogP contribution in [0.25, 0.3) is 0 Å². The monoisotopic (exact) mass is 333 g/mol. The second-order valence-corrected chi connectivity index (χ2v) is 5.88. The highest BCUT2D eigenvalue weighted by atomic mass is 16.4. The highest BCUT2D eigenvalue weighted by molar-refractivity contribution is 5.66. The van der Waals surface area contributed by atoms with Crippen molar-refractivity contribution < 1.29 is 20.1 Å². The SMILES string of the molecule is CCCCCCCCCCCCCC(=O)O.OCCNCCO. The van der Waals surface area contributed by atoms with Crippen LogP contribution in [0.3, 0.4) is 0 Å². The first-order valence-electron chi connectivity index (χ1n) is 9.33. The maximum absolute atomic E-state index is 10.3. The number of hydrogen-bond donors (Lipinski definition) is 4. The molecule has 5 nitrogen and oxygen atoms in total. The molecule has 0 saturated carbocycles. The van der Waals surface area contributed by atoms with Gasteiger partial charge in [-0.25, -0.2) is 0 Å². The third-order valence-electron chi connectivity index (χ3n) is 3.57. The van der Waals surface area contributed by atoms with Crippen molar-refractivity contribution in [1.82, 2.24) is 5.32 Å². The van der Waals surface area contributed by atoms with Gasteiger partial charge in [0.15, 0.2) is 0 Å². The first kappa shape index (κ1) is 24.6. The van der Waals surface area contributed by atoms with Gasteiger partial charge in [-0.15, -0.1) is 0 Å². The molecule has 0 spiro atoms. The lowest BCUT2D eigenvalue weighted by atomic mass is 10.1. The van der Waals surface area contributed by atoms with E-state index in [1.165, 1.54) is 57.8 Å². The molecule has 0 unspecified atom stereocenters. The number of aliphatic carboxylic acids is 1. The summed E-state index contributed by atoms with van der Waals surface area (Å²) in [5, 5.41) is 27.5. The lowest BCUT2D eigenvalue weighted by Gasteiger charge is -2.01. The van der Waals surface area contributed by atoms with E-state index in [1.54, 1.807) is 0 Å². The zero-order valence-electron chi connectivity index (χ0n) is 15.1. The van der Waals surface area contributed by atoms with E-state index >= 15 is 0 Å². The molecule has 140 valence electrons. The molecule has 5 heteroatoms. The Kier molecular flexibility index (Phi) is 25.3. The highest BCUT2D eigenvalue weighted by Crippen LogP contribution is 2.11. The largest absolute Gasteiger partial charge is 0.481 e. The number of carboxylic acids is 1. The van der Waals surface area contributed by atoms with Crippen LogP contribution in [0, 0.1) is 0 Å². The summed E-state index contributed by atoms with van der Waals surface area (Å²) in [5.74, 6) is -0.657. The first-order valence-corrected chi connectivity index (χ1v) is 9.33. The summed E-state index contributed by atoms with van der Waals surface area (Å²) in [4.78, 5) is 10.3. The molecule has 0 aliphatic heterocycles. The molecule has 0 bridgehead atoms. The van der Waals surface area contributed by atoms with Crippen LogP contribution >= 0.6 is 0 Å². The van der Waals surface area contributed by atoms with Crippen LogP contribution in [0.1, 0.15) is 84.0 Å². The summed E-state index contributed by atoms with van der Waals surface area (Å²) >= 11 is 0. The van der Waals surface area contributed by atoms with Crippen LogP contribution in [0.4, 0.5) is 0 Å². The van der Waals surface area contributed by atoms with Gasteiger partial charge in [0.05, 0.1) is 13.2 Å². The van der Waals surface area contributed by atoms with E-state index in [0.29, 0.717) is 19.5 Å². The van der Waals surface area contributed by atoms with Gasteiger partial charge in [-0.2, -0.15) is 0 Å².